The molecule has 0 aliphatic heterocycles. The zero-order chi connectivity index (χ0) is 12.1. The second kappa shape index (κ2) is 11.3. The summed E-state index contributed by atoms with van der Waals surface area (Å²) in [4.78, 5) is 0. The summed E-state index contributed by atoms with van der Waals surface area (Å²) in [5.74, 6) is 5.79. The first kappa shape index (κ1) is 14.2. The van der Waals surface area contributed by atoms with Crippen LogP contribution < -0.4 is 5.32 Å². The lowest BCUT2D eigenvalue weighted by Gasteiger charge is -1.90. The molecule has 0 atom stereocenters. The highest BCUT2D eigenvalue weighted by atomic mass is 14.8. The minimum Gasteiger partial charge on any atom is -0.310 e. The molecule has 0 radical (unpaired) electrons. The molecular formula is C15H19N. The molecule has 1 N–H and O–H groups in total. The van der Waals surface area contributed by atoms with Gasteiger partial charge in [-0.05, 0) is 19.1 Å². The van der Waals surface area contributed by atoms with Crippen LogP contribution in [0.2, 0.25) is 0 Å². The van der Waals surface area contributed by atoms with E-state index in [0.29, 0.717) is 0 Å². The van der Waals surface area contributed by atoms with E-state index in [1.165, 1.54) is 0 Å². The monoisotopic (exact) mass is 213 g/mol. The Morgan fingerprint density at radius 1 is 1.12 bits per heavy atom. The standard InChI is InChI=1S/C9H8.C6H11N/c1-2-6-9-7-4-3-5-8-9;1-3-5-7-6-4-2/h3-5,7-8H,1H3;3-4,7H,1-2,5-6H2. The Hall–Kier alpha value is -1.78. The summed E-state index contributed by atoms with van der Waals surface area (Å²) < 4.78 is 0. The topological polar surface area (TPSA) is 12.0 Å². The average molecular weight is 213 g/mol. The minimum atomic E-state index is 0.867. The van der Waals surface area contributed by atoms with Crippen molar-refractivity contribution in [1.82, 2.24) is 5.32 Å². The van der Waals surface area contributed by atoms with Crippen molar-refractivity contribution in [2.24, 2.45) is 0 Å². The van der Waals surface area contributed by atoms with E-state index in [1.54, 1.807) is 0 Å². The molecule has 1 heteroatoms. The first-order valence-corrected chi connectivity index (χ1v) is 5.25. The minimum absolute atomic E-state index is 0.867. The number of nitrogens with one attached hydrogen (secondary N) is 1. The van der Waals surface area contributed by atoms with Crippen LogP contribution in [0.3, 0.4) is 0 Å². The molecule has 1 aromatic rings. The number of benzene rings is 1. The third-order valence-electron chi connectivity index (χ3n) is 1.62. The van der Waals surface area contributed by atoms with Crippen molar-refractivity contribution in [1.29, 1.82) is 0 Å². The summed E-state index contributed by atoms with van der Waals surface area (Å²) in [6.07, 6.45) is 3.65. The molecule has 0 aliphatic carbocycles. The molecule has 16 heavy (non-hydrogen) atoms. The van der Waals surface area contributed by atoms with Crippen LogP contribution in [0.4, 0.5) is 0 Å². The molecule has 0 saturated carbocycles. The molecule has 0 unspecified atom stereocenters. The van der Waals surface area contributed by atoms with Gasteiger partial charge >= 0.3 is 0 Å². The smallest absolute Gasteiger partial charge is 0.0245 e. The third kappa shape index (κ3) is 8.80. The van der Waals surface area contributed by atoms with E-state index in [9.17, 15) is 0 Å². The van der Waals surface area contributed by atoms with E-state index >= 15 is 0 Å². The Morgan fingerprint density at radius 3 is 2.12 bits per heavy atom. The lowest BCUT2D eigenvalue weighted by atomic mass is 10.2. The van der Waals surface area contributed by atoms with E-state index in [-0.39, 0.29) is 0 Å². The number of rotatable bonds is 4. The highest BCUT2D eigenvalue weighted by Crippen LogP contribution is 1.93. The van der Waals surface area contributed by atoms with Crippen LogP contribution in [-0.4, -0.2) is 13.1 Å². The molecule has 0 spiro atoms. The molecule has 1 nitrogen and oxygen atoms in total. The Kier molecular flexibility index (Phi) is 10.0. The summed E-state index contributed by atoms with van der Waals surface area (Å²) in [6.45, 7) is 10.6. The van der Waals surface area contributed by atoms with E-state index in [2.05, 4.69) is 30.3 Å². The van der Waals surface area contributed by atoms with Crippen molar-refractivity contribution < 1.29 is 0 Å². The quantitative estimate of drug-likeness (QED) is 0.460. The Bertz CT molecular complexity index is 333. The van der Waals surface area contributed by atoms with Gasteiger partial charge in [0.1, 0.15) is 0 Å². The molecule has 0 fully saturated rings. The Labute approximate surface area is 98.9 Å². The van der Waals surface area contributed by atoms with E-state index in [1.807, 2.05) is 49.4 Å². The van der Waals surface area contributed by atoms with E-state index < -0.39 is 0 Å². The lowest BCUT2D eigenvalue weighted by molar-refractivity contribution is 0.845. The van der Waals surface area contributed by atoms with Crippen molar-refractivity contribution >= 4 is 0 Å². The highest BCUT2D eigenvalue weighted by Gasteiger charge is 1.77. The van der Waals surface area contributed by atoms with Crippen LogP contribution in [-0.2, 0) is 0 Å². The van der Waals surface area contributed by atoms with Crippen molar-refractivity contribution in [2.45, 2.75) is 6.92 Å². The molecule has 0 aromatic heterocycles. The van der Waals surface area contributed by atoms with Gasteiger partial charge in [-0.1, -0.05) is 36.3 Å². The first-order chi connectivity index (χ1) is 7.85. The predicted octanol–water partition coefficient (Wildman–Crippen LogP) is 3.01. The average Bonchev–Trinajstić information content (AvgIpc) is 2.32. The van der Waals surface area contributed by atoms with Gasteiger partial charge in [-0.3, -0.25) is 0 Å². The lowest BCUT2D eigenvalue weighted by Crippen LogP contribution is -2.11. The molecule has 0 amide bonds. The van der Waals surface area contributed by atoms with Gasteiger partial charge < -0.3 is 5.32 Å². The van der Waals surface area contributed by atoms with Gasteiger partial charge in [0.25, 0.3) is 0 Å². The molecule has 84 valence electrons. The fourth-order valence-electron chi connectivity index (χ4n) is 0.953. The summed E-state index contributed by atoms with van der Waals surface area (Å²) in [5.41, 5.74) is 1.08. The largest absolute Gasteiger partial charge is 0.310 e. The van der Waals surface area contributed by atoms with Gasteiger partial charge in [-0.2, -0.15) is 0 Å². The van der Waals surface area contributed by atoms with E-state index in [0.717, 1.165) is 18.7 Å². The summed E-state index contributed by atoms with van der Waals surface area (Å²) >= 11 is 0. The van der Waals surface area contributed by atoms with Gasteiger partial charge in [0, 0.05) is 18.7 Å². The van der Waals surface area contributed by atoms with Gasteiger partial charge in [0.05, 0.1) is 0 Å². The number of hydrogen-bond donors (Lipinski definition) is 1. The molecule has 1 rings (SSSR count). The molecule has 0 aliphatic rings. The van der Waals surface area contributed by atoms with Crippen molar-refractivity contribution in [3.63, 3.8) is 0 Å². The fraction of sp³-hybridized carbons (Fsp3) is 0.200. The van der Waals surface area contributed by atoms with Crippen LogP contribution in [0, 0.1) is 11.8 Å². The summed E-state index contributed by atoms with van der Waals surface area (Å²) in [6, 6.07) is 9.95. The second-order valence-corrected chi connectivity index (χ2v) is 2.98. The second-order valence-electron chi connectivity index (χ2n) is 2.98. The first-order valence-electron chi connectivity index (χ1n) is 5.25. The highest BCUT2D eigenvalue weighted by molar-refractivity contribution is 5.32. The Balaban J connectivity index is 0.000000293. The molecule has 1 aromatic carbocycles. The maximum atomic E-state index is 3.54. The zero-order valence-corrected chi connectivity index (χ0v) is 9.87. The van der Waals surface area contributed by atoms with E-state index in [4.69, 9.17) is 0 Å². The van der Waals surface area contributed by atoms with Gasteiger partial charge in [0.15, 0.2) is 0 Å². The van der Waals surface area contributed by atoms with Gasteiger partial charge in [0.2, 0.25) is 0 Å². The third-order valence-corrected chi connectivity index (χ3v) is 1.62. The van der Waals surface area contributed by atoms with Crippen molar-refractivity contribution in [3.05, 3.63) is 61.2 Å². The molecule has 0 bridgehead atoms. The Morgan fingerprint density at radius 2 is 1.69 bits per heavy atom. The van der Waals surface area contributed by atoms with Crippen LogP contribution in [0.25, 0.3) is 0 Å². The van der Waals surface area contributed by atoms with Crippen molar-refractivity contribution in [3.8, 4) is 11.8 Å². The summed E-state index contributed by atoms with van der Waals surface area (Å²) in [5, 5.41) is 3.05. The fourth-order valence-corrected chi connectivity index (χ4v) is 0.953. The predicted molar refractivity (Wildman–Crippen MR) is 72.3 cm³/mol. The van der Waals surface area contributed by atoms with Crippen LogP contribution in [0.15, 0.2) is 55.6 Å². The maximum absolute atomic E-state index is 3.54. The van der Waals surface area contributed by atoms with Crippen LogP contribution in [0.5, 0.6) is 0 Å². The SMILES string of the molecule is C=CCNCC=C.CC#Cc1ccccc1. The normalized spacial score (nSPS) is 7.81. The summed E-state index contributed by atoms with van der Waals surface area (Å²) in [7, 11) is 0. The van der Waals surface area contributed by atoms with Gasteiger partial charge in [-0.25, -0.2) is 0 Å². The van der Waals surface area contributed by atoms with Crippen LogP contribution in [0.1, 0.15) is 12.5 Å². The molecule has 0 saturated heterocycles. The molecular weight excluding hydrogens is 194 g/mol. The van der Waals surface area contributed by atoms with Gasteiger partial charge in [-0.15, -0.1) is 19.1 Å². The van der Waals surface area contributed by atoms with Crippen molar-refractivity contribution in [2.75, 3.05) is 13.1 Å². The zero-order valence-electron chi connectivity index (χ0n) is 9.87. The van der Waals surface area contributed by atoms with Crippen LogP contribution >= 0.6 is 0 Å². The number of hydrogen-bond acceptors (Lipinski definition) is 1. The molecule has 0 heterocycles. The maximum Gasteiger partial charge on any atom is 0.0245 e.